The number of hydrogen-bond donors (Lipinski definition) is 0. The number of aromatic nitrogens is 4. The number of benzene rings is 2. The summed E-state index contributed by atoms with van der Waals surface area (Å²) in [4.78, 5) is 14.6. The maximum Gasteiger partial charge on any atom is 0.358 e. The second-order valence-electron chi connectivity index (χ2n) is 7.58. The lowest BCUT2D eigenvalue weighted by Crippen LogP contribution is -2.34. The van der Waals surface area contributed by atoms with Crippen LogP contribution in [0.4, 0.5) is 0 Å². The van der Waals surface area contributed by atoms with E-state index in [4.69, 9.17) is 4.74 Å². The van der Waals surface area contributed by atoms with Crippen molar-refractivity contribution < 1.29 is 9.53 Å². The van der Waals surface area contributed by atoms with Crippen molar-refractivity contribution in [1.82, 2.24) is 25.1 Å². The van der Waals surface area contributed by atoms with Gasteiger partial charge in [-0.2, -0.15) is 4.68 Å². The molecule has 0 N–H and O–H groups in total. The molecule has 0 fully saturated rings. The number of nitrogens with zero attached hydrogens (tertiary/aromatic N) is 5. The van der Waals surface area contributed by atoms with Gasteiger partial charge in [0, 0.05) is 12.7 Å². The fourth-order valence-electron chi connectivity index (χ4n) is 4.11. The molecule has 2 aromatic carbocycles. The fourth-order valence-corrected chi connectivity index (χ4v) is 4.11. The highest BCUT2D eigenvalue weighted by atomic mass is 16.5. The average molecular weight is 406 g/mol. The zero-order chi connectivity index (χ0) is 20.9. The Morgan fingerprint density at radius 1 is 1.07 bits per heavy atom. The van der Waals surface area contributed by atoms with Gasteiger partial charge >= 0.3 is 5.97 Å². The minimum atomic E-state index is -0.448. The van der Waals surface area contributed by atoms with Crippen LogP contribution in [0, 0.1) is 0 Å². The standard InChI is InChI=1S/C23H27N5O2/c1-3-4-5-6-9-15-27-16-20(23(29)30-2)28-22(24-25-26-28)21(27)19-14-10-12-17-11-7-8-13-18(17)19/h7-8,10-14,16,21H,3-6,9,15H2,1-2H3. The minimum absolute atomic E-state index is 0.175. The van der Waals surface area contributed by atoms with E-state index in [1.807, 2.05) is 18.3 Å². The summed E-state index contributed by atoms with van der Waals surface area (Å²) in [6.45, 7) is 3.03. The molecule has 0 saturated heterocycles. The normalized spacial score (nSPS) is 15.7. The summed E-state index contributed by atoms with van der Waals surface area (Å²) < 4.78 is 6.49. The van der Waals surface area contributed by atoms with E-state index >= 15 is 0 Å². The van der Waals surface area contributed by atoms with Crippen LogP contribution in [0.15, 0.2) is 48.7 Å². The number of unbranched alkanes of at least 4 members (excludes halogenated alkanes) is 4. The van der Waals surface area contributed by atoms with Crippen LogP contribution < -0.4 is 0 Å². The van der Waals surface area contributed by atoms with E-state index in [1.165, 1.54) is 36.4 Å². The van der Waals surface area contributed by atoms with Crippen LogP contribution in [0.25, 0.3) is 16.5 Å². The van der Waals surface area contributed by atoms with Gasteiger partial charge < -0.3 is 9.64 Å². The SMILES string of the molecule is CCCCCCCN1C=C(C(=O)OC)n2nnnc2C1c1cccc2ccccc12. The predicted molar refractivity (Wildman–Crippen MR) is 115 cm³/mol. The van der Waals surface area contributed by atoms with E-state index in [9.17, 15) is 4.79 Å². The van der Waals surface area contributed by atoms with E-state index in [1.54, 1.807) is 0 Å². The largest absolute Gasteiger partial charge is 0.464 e. The summed E-state index contributed by atoms with van der Waals surface area (Å²) in [7, 11) is 1.37. The van der Waals surface area contributed by atoms with Crippen molar-refractivity contribution in [2.45, 2.75) is 45.1 Å². The third-order valence-corrected chi connectivity index (χ3v) is 5.62. The third-order valence-electron chi connectivity index (χ3n) is 5.62. The molecular weight excluding hydrogens is 378 g/mol. The third kappa shape index (κ3) is 3.79. The molecule has 0 aliphatic carbocycles. The summed E-state index contributed by atoms with van der Waals surface area (Å²) in [6, 6.07) is 14.4. The van der Waals surface area contributed by atoms with E-state index < -0.39 is 5.97 Å². The number of fused-ring (bicyclic) bond motifs is 2. The molecule has 0 bridgehead atoms. The number of ether oxygens (including phenoxy) is 1. The first kappa shape index (κ1) is 20.1. The maximum atomic E-state index is 12.4. The Bertz CT molecular complexity index is 1050. The van der Waals surface area contributed by atoms with Crippen molar-refractivity contribution in [2.24, 2.45) is 0 Å². The molecule has 3 aromatic rings. The van der Waals surface area contributed by atoms with Gasteiger partial charge in [-0.15, -0.1) is 5.10 Å². The van der Waals surface area contributed by atoms with Gasteiger partial charge in [-0.25, -0.2) is 4.79 Å². The van der Waals surface area contributed by atoms with Crippen molar-refractivity contribution in [3.63, 3.8) is 0 Å². The zero-order valence-electron chi connectivity index (χ0n) is 17.5. The molecular formula is C23H27N5O2. The van der Waals surface area contributed by atoms with Crippen LogP contribution in [0.1, 0.15) is 56.5 Å². The number of rotatable bonds is 8. The molecule has 2 heterocycles. The molecule has 4 rings (SSSR count). The van der Waals surface area contributed by atoms with Crippen LogP contribution in [-0.2, 0) is 9.53 Å². The van der Waals surface area contributed by atoms with Gasteiger partial charge in [-0.1, -0.05) is 75.1 Å². The van der Waals surface area contributed by atoms with Gasteiger partial charge in [0.15, 0.2) is 11.5 Å². The van der Waals surface area contributed by atoms with Gasteiger partial charge in [0.25, 0.3) is 0 Å². The van der Waals surface area contributed by atoms with Crippen molar-refractivity contribution in [3.8, 4) is 0 Å². The highest BCUT2D eigenvalue weighted by Gasteiger charge is 2.35. The molecule has 156 valence electrons. The minimum Gasteiger partial charge on any atom is -0.464 e. The maximum absolute atomic E-state index is 12.4. The molecule has 0 spiro atoms. The molecule has 1 aliphatic heterocycles. The highest BCUT2D eigenvalue weighted by molar-refractivity contribution is 6.10. The van der Waals surface area contributed by atoms with Crippen LogP contribution in [0.5, 0.6) is 0 Å². The van der Waals surface area contributed by atoms with E-state index in [-0.39, 0.29) is 6.04 Å². The fraction of sp³-hybridized carbons (Fsp3) is 0.391. The topological polar surface area (TPSA) is 73.1 Å². The molecule has 0 saturated carbocycles. The van der Waals surface area contributed by atoms with Crippen LogP contribution in [0.3, 0.4) is 0 Å². The summed E-state index contributed by atoms with van der Waals surface area (Å²) >= 11 is 0. The molecule has 7 nitrogen and oxygen atoms in total. The first-order valence-corrected chi connectivity index (χ1v) is 10.6. The number of methoxy groups -OCH3 is 1. The Hall–Kier alpha value is -3.22. The number of carbonyl (C=O) groups is 1. The second kappa shape index (κ2) is 9.07. The molecule has 30 heavy (non-hydrogen) atoms. The second-order valence-corrected chi connectivity index (χ2v) is 7.58. The summed E-state index contributed by atoms with van der Waals surface area (Å²) in [6.07, 6.45) is 7.71. The molecule has 0 amide bonds. The Morgan fingerprint density at radius 2 is 1.87 bits per heavy atom. The quantitative estimate of drug-likeness (QED) is 0.414. The number of hydrogen-bond acceptors (Lipinski definition) is 6. The average Bonchev–Trinajstić information content (AvgIpc) is 3.27. The summed E-state index contributed by atoms with van der Waals surface area (Å²) in [5.74, 6) is 0.179. The van der Waals surface area contributed by atoms with Crippen LogP contribution >= 0.6 is 0 Å². The van der Waals surface area contributed by atoms with Gasteiger partial charge in [0.05, 0.1) is 7.11 Å². The lowest BCUT2D eigenvalue weighted by Gasteiger charge is -2.34. The summed E-state index contributed by atoms with van der Waals surface area (Å²) in [5.41, 5.74) is 1.46. The monoisotopic (exact) mass is 405 g/mol. The van der Waals surface area contributed by atoms with Crippen molar-refractivity contribution in [1.29, 1.82) is 0 Å². The van der Waals surface area contributed by atoms with E-state index in [2.05, 4.69) is 57.7 Å². The van der Waals surface area contributed by atoms with Gasteiger partial charge in [-0.05, 0) is 33.2 Å². The van der Waals surface area contributed by atoms with Crippen molar-refractivity contribution in [2.75, 3.05) is 13.7 Å². The zero-order valence-corrected chi connectivity index (χ0v) is 17.5. The van der Waals surface area contributed by atoms with Gasteiger partial charge in [0.2, 0.25) is 0 Å². The van der Waals surface area contributed by atoms with Crippen LogP contribution in [0.2, 0.25) is 0 Å². The lowest BCUT2D eigenvalue weighted by molar-refractivity contribution is -0.134. The smallest absolute Gasteiger partial charge is 0.358 e. The van der Waals surface area contributed by atoms with Crippen molar-refractivity contribution in [3.05, 3.63) is 60.1 Å². The van der Waals surface area contributed by atoms with E-state index in [0.717, 1.165) is 30.3 Å². The first-order valence-electron chi connectivity index (χ1n) is 10.6. The van der Waals surface area contributed by atoms with Crippen molar-refractivity contribution >= 4 is 22.4 Å². The molecule has 1 aromatic heterocycles. The number of carbonyl (C=O) groups excluding carboxylic acids is 1. The predicted octanol–water partition coefficient (Wildman–Crippen LogP) is 4.17. The Morgan fingerprint density at radius 3 is 2.70 bits per heavy atom. The van der Waals surface area contributed by atoms with Gasteiger partial charge in [-0.3, -0.25) is 0 Å². The lowest BCUT2D eigenvalue weighted by atomic mass is 9.96. The Labute approximate surface area is 176 Å². The molecule has 1 atom stereocenters. The van der Waals surface area contributed by atoms with Gasteiger partial charge in [0.1, 0.15) is 6.04 Å². The molecule has 7 heteroatoms. The summed E-state index contributed by atoms with van der Waals surface area (Å²) in [5, 5.41) is 14.6. The Balaban J connectivity index is 1.76. The molecule has 1 aliphatic rings. The molecule has 0 radical (unpaired) electrons. The highest BCUT2D eigenvalue weighted by Crippen LogP contribution is 2.37. The molecule has 1 unspecified atom stereocenters. The Kier molecular flexibility index (Phi) is 6.07. The number of esters is 1. The number of tetrazole rings is 1. The van der Waals surface area contributed by atoms with Crippen LogP contribution in [-0.4, -0.2) is 44.7 Å². The van der Waals surface area contributed by atoms with E-state index in [0.29, 0.717) is 11.5 Å². The first-order chi connectivity index (χ1) is 14.7.